The molecule has 0 heterocycles. The standard InChI is InChI=1S/C15H28N4O7/c1-7(2)4-10(18-13(23)9(16)5-20)14(24)17-8(3)12(22)19-11(6-21)15(25)26/h7-11,20-21H,4-6,16H2,1-3H3,(H,17,24)(H,18,23)(H,19,22)(H,25,26)/t8-,9-,10-,11-/m0/s1. The third kappa shape index (κ3) is 8.23. The highest BCUT2D eigenvalue weighted by Crippen LogP contribution is 2.06. The molecule has 0 aromatic carbocycles. The van der Waals surface area contributed by atoms with Crippen LogP contribution in [0.4, 0.5) is 0 Å². The highest BCUT2D eigenvalue weighted by molar-refractivity contribution is 5.93. The van der Waals surface area contributed by atoms with Gasteiger partial charge in [-0.3, -0.25) is 14.4 Å². The van der Waals surface area contributed by atoms with Crippen molar-refractivity contribution in [3.8, 4) is 0 Å². The lowest BCUT2D eigenvalue weighted by atomic mass is 10.0. The Labute approximate surface area is 151 Å². The summed E-state index contributed by atoms with van der Waals surface area (Å²) in [5.41, 5.74) is 5.41. The van der Waals surface area contributed by atoms with Gasteiger partial charge in [0.1, 0.15) is 24.2 Å². The molecule has 0 spiro atoms. The Hall–Kier alpha value is -2.24. The number of nitrogens with two attached hydrogens (primary N) is 1. The number of amides is 3. The largest absolute Gasteiger partial charge is 0.480 e. The number of nitrogens with one attached hydrogen (secondary N) is 3. The van der Waals surface area contributed by atoms with Crippen LogP contribution in [-0.2, 0) is 19.2 Å². The van der Waals surface area contributed by atoms with Crippen LogP contribution < -0.4 is 21.7 Å². The summed E-state index contributed by atoms with van der Waals surface area (Å²) in [4.78, 5) is 46.9. The number of carboxylic acid groups (broad SMARTS) is 1. The molecule has 0 saturated heterocycles. The van der Waals surface area contributed by atoms with Gasteiger partial charge in [0.2, 0.25) is 17.7 Å². The number of carbonyl (C=O) groups is 4. The maximum Gasteiger partial charge on any atom is 0.328 e. The van der Waals surface area contributed by atoms with Crippen molar-refractivity contribution in [3.63, 3.8) is 0 Å². The van der Waals surface area contributed by atoms with Crippen molar-refractivity contribution in [1.82, 2.24) is 16.0 Å². The quantitative estimate of drug-likeness (QED) is 0.197. The van der Waals surface area contributed by atoms with Gasteiger partial charge in [-0.05, 0) is 19.3 Å². The topological polar surface area (TPSA) is 191 Å². The summed E-state index contributed by atoms with van der Waals surface area (Å²) in [5.74, 6) is -3.55. The number of aliphatic hydroxyl groups is 2. The minimum atomic E-state index is -1.49. The van der Waals surface area contributed by atoms with Crippen molar-refractivity contribution in [1.29, 1.82) is 0 Å². The monoisotopic (exact) mass is 376 g/mol. The van der Waals surface area contributed by atoms with Gasteiger partial charge in [0.05, 0.1) is 13.2 Å². The summed E-state index contributed by atoms with van der Waals surface area (Å²) < 4.78 is 0. The highest BCUT2D eigenvalue weighted by atomic mass is 16.4. The fourth-order valence-corrected chi connectivity index (χ4v) is 1.93. The van der Waals surface area contributed by atoms with Crippen LogP contribution in [0.3, 0.4) is 0 Å². The Morgan fingerprint density at radius 3 is 1.81 bits per heavy atom. The molecule has 11 nitrogen and oxygen atoms in total. The molecular formula is C15H28N4O7. The van der Waals surface area contributed by atoms with E-state index in [1.807, 2.05) is 13.8 Å². The molecular weight excluding hydrogens is 348 g/mol. The number of hydrogen-bond acceptors (Lipinski definition) is 7. The van der Waals surface area contributed by atoms with Crippen molar-refractivity contribution in [2.75, 3.05) is 13.2 Å². The van der Waals surface area contributed by atoms with E-state index in [4.69, 9.17) is 21.1 Å². The van der Waals surface area contributed by atoms with E-state index in [0.717, 1.165) is 0 Å². The first-order chi connectivity index (χ1) is 12.0. The Kier molecular flexibility index (Phi) is 10.4. The molecule has 0 radical (unpaired) electrons. The van der Waals surface area contributed by atoms with E-state index in [2.05, 4.69) is 16.0 Å². The first kappa shape index (κ1) is 23.8. The maximum atomic E-state index is 12.4. The van der Waals surface area contributed by atoms with Gasteiger partial charge in [-0.15, -0.1) is 0 Å². The van der Waals surface area contributed by atoms with E-state index in [1.165, 1.54) is 6.92 Å². The molecule has 0 aromatic heterocycles. The molecule has 8 N–H and O–H groups in total. The average Bonchev–Trinajstić information content (AvgIpc) is 2.56. The van der Waals surface area contributed by atoms with Crippen molar-refractivity contribution < 1.29 is 34.5 Å². The van der Waals surface area contributed by atoms with Crippen LogP contribution in [0.25, 0.3) is 0 Å². The number of hydrogen-bond donors (Lipinski definition) is 7. The first-order valence-corrected chi connectivity index (χ1v) is 8.14. The summed E-state index contributed by atoms with van der Waals surface area (Å²) in [5, 5.41) is 33.5. The van der Waals surface area contributed by atoms with Gasteiger partial charge in [-0.25, -0.2) is 4.79 Å². The molecule has 11 heteroatoms. The van der Waals surface area contributed by atoms with E-state index in [-0.39, 0.29) is 12.3 Å². The zero-order valence-corrected chi connectivity index (χ0v) is 15.1. The SMILES string of the molecule is CC(C)C[C@H](NC(=O)[C@@H](N)CO)C(=O)N[C@@H](C)C(=O)N[C@@H](CO)C(=O)O. The predicted octanol–water partition coefficient (Wildman–Crippen LogP) is -3.10. The van der Waals surface area contributed by atoms with E-state index < -0.39 is 61.1 Å². The molecule has 0 fully saturated rings. The van der Waals surface area contributed by atoms with Crippen LogP contribution in [0, 0.1) is 5.92 Å². The van der Waals surface area contributed by atoms with Crippen LogP contribution in [-0.4, -0.2) is 76.4 Å². The Morgan fingerprint density at radius 2 is 1.38 bits per heavy atom. The molecule has 0 saturated carbocycles. The molecule has 0 aliphatic carbocycles. The second-order valence-electron chi connectivity index (χ2n) is 6.29. The normalized spacial score (nSPS) is 15.5. The second-order valence-corrected chi connectivity index (χ2v) is 6.29. The highest BCUT2D eigenvalue weighted by Gasteiger charge is 2.28. The van der Waals surface area contributed by atoms with Crippen molar-refractivity contribution >= 4 is 23.7 Å². The molecule has 0 aliphatic heterocycles. The minimum Gasteiger partial charge on any atom is -0.480 e. The second kappa shape index (κ2) is 11.4. The minimum absolute atomic E-state index is 0.0336. The lowest BCUT2D eigenvalue weighted by Crippen LogP contribution is -2.57. The number of aliphatic carboxylic acids is 1. The van der Waals surface area contributed by atoms with Gasteiger partial charge in [-0.1, -0.05) is 13.8 Å². The molecule has 0 bridgehead atoms. The van der Waals surface area contributed by atoms with E-state index >= 15 is 0 Å². The zero-order chi connectivity index (χ0) is 20.4. The summed E-state index contributed by atoms with van der Waals surface area (Å²) in [6.45, 7) is 3.60. The molecule has 0 unspecified atom stereocenters. The predicted molar refractivity (Wildman–Crippen MR) is 90.7 cm³/mol. The molecule has 26 heavy (non-hydrogen) atoms. The lowest BCUT2D eigenvalue weighted by Gasteiger charge is -2.24. The van der Waals surface area contributed by atoms with Crippen molar-refractivity contribution in [2.45, 2.75) is 51.4 Å². The third-order valence-electron chi connectivity index (χ3n) is 3.42. The summed E-state index contributed by atoms with van der Waals surface area (Å²) in [6, 6.07) is -4.76. The van der Waals surface area contributed by atoms with Crippen molar-refractivity contribution in [2.24, 2.45) is 11.7 Å². The smallest absolute Gasteiger partial charge is 0.328 e. The van der Waals surface area contributed by atoms with E-state index in [9.17, 15) is 19.2 Å². The summed E-state index contributed by atoms with van der Waals surface area (Å²) in [7, 11) is 0. The molecule has 4 atom stereocenters. The maximum absolute atomic E-state index is 12.4. The van der Waals surface area contributed by atoms with E-state index in [1.54, 1.807) is 0 Å². The van der Waals surface area contributed by atoms with Gasteiger partial charge in [0, 0.05) is 0 Å². The number of carboxylic acids is 1. The molecule has 3 amide bonds. The number of rotatable bonds is 11. The van der Waals surface area contributed by atoms with Crippen molar-refractivity contribution in [3.05, 3.63) is 0 Å². The number of carbonyl (C=O) groups excluding carboxylic acids is 3. The van der Waals surface area contributed by atoms with Crippen LogP contribution in [0.2, 0.25) is 0 Å². The average molecular weight is 376 g/mol. The third-order valence-corrected chi connectivity index (χ3v) is 3.42. The van der Waals surface area contributed by atoms with Crippen LogP contribution in [0.5, 0.6) is 0 Å². The van der Waals surface area contributed by atoms with Gasteiger partial charge in [0.15, 0.2) is 0 Å². The Balaban J connectivity index is 4.92. The fraction of sp³-hybridized carbons (Fsp3) is 0.733. The fourth-order valence-electron chi connectivity index (χ4n) is 1.93. The zero-order valence-electron chi connectivity index (χ0n) is 15.1. The molecule has 0 aliphatic rings. The summed E-state index contributed by atoms with van der Waals surface area (Å²) in [6.07, 6.45) is 0.262. The molecule has 0 aromatic rings. The first-order valence-electron chi connectivity index (χ1n) is 8.14. The Morgan fingerprint density at radius 1 is 0.846 bits per heavy atom. The van der Waals surface area contributed by atoms with Crippen LogP contribution in [0.15, 0.2) is 0 Å². The summed E-state index contributed by atoms with van der Waals surface area (Å²) >= 11 is 0. The Bertz CT molecular complexity index is 512. The van der Waals surface area contributed by atoms with Gasteiger partial charge < -0.3 is 37.0 Å². The lowest BCUT2D eigenvalue weighted by molar-refractivity contribution is -0.143. The van der Waals surface area contributed by atoms with Gasteiger partial charge >= 0.3 is 5.97 Å². The van der Waals surface area contributed by atoms with E-state index in [0.29, 0.717) is 0 Å². The van der Waals surface area contributed by atoms with Crippen LogP contribution >= 0.6 is 0 Å². The van der Waals surface area contributed by atoms with Crippen LogP contribution in [0.1, 0.15) is 27.2 Å². The molecule has 150 valence electrons. The van der Waals surface area contributed by atoms with Gasteiger partial charge in [-0.2, -0.15) is 0 Å². The number of aliphatic hydroxyl groups excluding tert-OH is 2. The van der Waals surface area contributed by atoms with Gasteiger partial charge in [0.25, 0.3) is 0 Å². The molecule has 0 rings (SSSR count).